The van der Waals surface area contributed by atoms with Gasteiger partial charge in [-0.3, -0.25) is 31.1 Å². The maximum Gasteiger partial charge on any atom is 0.300 e. The summed E-state index contributed by atoms with van der Waals surface area (Å²) in [5, 5.41) is 21.8. The van der Waals surface area contributed by atoms with E-state index >= 15 is 0 Å². The van der Waals surface area contributed by atoms with Crippen LogP contribution in [0.15, 0.2) is 41.4 Å². The van der Waals surface area contributed by atoms with E-state index in [2.05, 4.69) is 15.8 Å². The first kappa shape index (κ1) is 17.9. The zero-order chi connectivity index (χ0) is 18.6. The molecule has 0 heterocycles. The summed E-state index contributed by atoms with van der Waals surface area (Å²) < 4.78 is 0. The standard InChI is InChI=1S/C16H17N5O4/c1-10-4-5-11(2)15(8-10)17-12(3)18-19-14-7-6-13(20(22)23)9-16(14)21(24)25/h4-9,19H,1-3H3,(H,17,18). The lowest BCUT2D eigenvalue weighted by molar-refractivity contribution is -0.393. The minimum absolute atomic E-state index is 0.103. The maximum atomic E-state index is 11.1. The van der Waals surface area contributed by atoms with E-state index in [1.807, 2.05) is 32.0 Å². The zero-order valence-electron chi connectivity index (χ0n) is 13.9. The van der Waals surface area contributed by atoms with Gasteiger partial charge in [0.15, 0.2) is 0 Å². The third-order valence-corrected chi connectivity index (χ3v) is 3.42. The number of nitro groups is 2. The number of nitrogens with one attached hydrogen (secondary N) is 2. The van der Waals surface area contributed by atoms with E-state index < -0.39 is 15.5 Å². The molecule has 0 aliphatic carbocycles. The number of anilines is 1. The van der Waals surface area contributed by atoms with Crippen LogP contribution in [-0.4, -0.2) is 15.7 Å². The second kappa shape index (κ2) is 7.39. The van der Waals surface area contributed by atoms with Crippen LogP contribution < -0.4 is 10.9 Å². The number of aliphatic imine (C=N–C) groups is 1. The molecule has 2 rings (SSSR count). The van der Waals surface area contributed by atoms with Gasteiger partial charge < -0.3 is 0 Å². The Bertz CT molecular complexity index is 864. The number of amidine groups is 1. The van der Waals surface area contributed by atoms with Crippen molar-refractivity contribution in [1.29, 1.82) is 0 Å². The van der Waals surface area contributed by atoms with Crippen LogP contribution in [0.4, 0.5) is 22.7 Å². The Balaban J connectivity index is 2.20. The van der Waals surface area contributed by atoms with Crippen molar-refractivity contribution in [2.45, 2.75) is 20.8 Å². The molecule has 0 aliphatic rings. The summed E-state index contributed by atoms with van der Waals surface area (Å²) in [5.74, 6) is 0.487. The second-order valence-electron chi connectivity index (χ2n) is 5.45. The van der Waals surface area contributed by atoms with Gasteiger partial charge in [0.25, 0.3) is 5.69 Å². The summed E-state index contributed by atoms with van der Waals surface area (Å²) in [4.78, 5) is 24.9. The number of hydrogen-bond acceptors (Lipinski definition) is 6. The number of non-ortho nitro benzene ring substituents is 1. The lowest BCUT2D eigenvalue weighted by Crippen LogP contribution is -2.27. The number of aryl methyl sites for hydroxylation is 2. The van der Waals surface area contributed by atoms with Crippen LogP contribution in [0.3, 0.4) is 0 Å². The van der Waals surface area contributed by atoms with E-state index in [0.717, 1.165) is 22.9 Å². The predicted molar refractivity (Wildman–Crippen MR) is 95.2 cm³/mol. The molecule has 0 aliphatic heterocycles. The first-order valence-electron chi connectivity index (χ1n) is 7.35. The highest BCUT2D eigenvalue weighted by Gasteiger charge is 2.19. The van der Waals surface area contributed by atoms with Gasteiger partial charge in [-0.05, 0) is 44.0 Å². The number of hydrazine groups is 1. The molecule has 9 heteroatoms. The molecule has 0 amide bonds. The largest absolute Gasteiger partial charge is 0.300 e. The van der Waals surface area contributed by atoms with Gasteiger partial charge >= 0.3 is 5.69 Å². The lowest BCUT2D eigenvalue weighted by atomic mass is 10.1. The van der Waals surface area contributed by atoms with Crippen LogP contribution in [-0.2, 0) is 0 Å². The number of nitro benzene ring substituents is 2. The van der Waals surface area contributed by atoms with Gasteiger partial charge in [0.1, 0.15) is 11.5 Å². The minimum Gasteiger partial charge on any atom is -0.294 e. The van der Waals surface area contributed by atoms with Gasteiger partial charge in [0, 0.05) is 6.07 Å². The van der Waals surface area contributed by atoms with Crippen molar-refractivity contribution in [3.8, 4) is 0 Å². The lowest BCUT2D eigenvalue weighted by Gasteiger charge is -2.10. The van der Waals surface area contributed by atoms with Crippen LogP contribution in [0, 0.1) is 34.1 Å². The fourth-order valence-electron chi connectivity index (χ4n) is 2.10. The summed E-state index contributed by atoms with van der Waals surface area (Å²) in [6.07, 6.45) is 0. The summed E-state index contributed by atoms with van der Waals surface area (Å²) in [6, 6.07) is 9.23. The molecule has 0 saturated heterocycles. The Kier molecular flexibility index (Phi) is 5.28. The van der Waals surface area contributed by atoms with E-state index in [1.54, 1.807) is 6.92 Å². The normalized spacial score (nSPS) is 11.1. The molecule has 0 radical (unpaired) electrons. The summed E-state index contributed by atoms with van der Waals surface area (Å²) >= 11 is 0. The Hall–Kier alpha value is -3.49. The van der Waals surface area contributed by atoms with E-state index in [9.17, 15) is 20.2 Å². The van der Waals surface area contributed by atoms with E-state index in [1.165, 1.54) is 12.1 Å². The highest BCUT2D eigenvalue weighted by atomic mass is 16.6. The number of benzene rings is 2. The summed E-state index contributed by atoms with van der Waals surface area (Å²) in [7, 11) is 0. The molecule has 130 valence electrons. The Morgan fingerprint density at radius 3 is 2.40 bits per heavy atom. The smallest absolute Gasteiger partial charge is 0.294 e. The van der Waals surface area contributed by atoms with Gasteiger partial charge in [-0.25, -0.2) is 4.99 Å². The van der Waals surface area contributed by atoms with Crippen molar-refractivity contribution in [2.75, 3.05) is 5.43 Å². The SMILES string of the molecule is CC(=Nc1cc(C)ccc1C)NNc1ccc([N+](=O)[O-])cc1[N+](=O)[O-]. The average molecular weight is 343 g/mol. The monoisotopic (exact) mass is 343 g/mol. The number of rotatable bonds is 5. The van der Waals surface area contributed by atoms with Crippen molar-refractivity contribution in [3.05, 3.63) is 67.8 Å². The molecular weight excluding hydrogens is 326 g/mol. The third kappa shape index (κ3) is 4.50. The zero-order valence-corrected chi connectivity index (χ0v) is 13.9. The highest BCUT2D eigenvalue weighted by Crippen LogP contribution is 2.28. The average Bonchev–Trinajstić information content (AvgIpc) is 2.56. The van der Waals surface area contributed by atoms with Gasteiger partial charge in [0.05, 0.1) is 21.6 Å². The van der Waals surface area contributed by atoms with Crippen LogP contribution in [0.2, 0.25) is 0 Å². The Morgan fingerprint density at radius 1 is 1.04 bits per heavy atom. The minimum atomic E-state index is -0.686. The van der Waals surface area contributed by atoms with Gasteiger partial charge in [-0.1, -0.05) is 12.1 Å². The Morgan fingerprint density at radius 2 is 1.76 bits per heavy atom. The molecule has 0 saturated carbocycles. The quantitative estimate of drug-likeness (QED) is 0.368. The van der Waals surface area contributed by atoms with Gasteiger partial charge in [-0.2, -0.15) is 0 Å². The summed E-state index contributed by atoms with van der Waals surface area (Å²) in [6.45, 7) is 5.59. The number of hydrogen-bond donors (Lipinski definition) is 2. The molecular formula is C16H17N5O4. The first-order chi connectivity index (χ1) is 11.8. The van der Waals surface area contributed by atoms with Crippen LogP contribution in [0.5, 0.6) is 0 Å². The van der Waals surface area contributed by atoms with Crippen molar-refractivity contribution in [2.24, 2.45) is 4.99 Å². The molecule has 2 aromatic carbocycles. The fourth-order valence-corrected chi connectivity index (χ4v) is 2.10. The molecule has 2 N–H and O–H groups in total. The maximum absolute atomic E-state index is 11.1. The predicted octanol–water partition coefficient (Wildman–Crippen LogP) is 3.79. The Labute approximate surface area is 143 Å². The van der Waals surface area contributed by atoms with Gasteiger partial charge in [-0.15, -0.1) is 0 Å². The van der Waals surface area contributed by atoms with Crippen molar-refractivity contribution in [1.82, 2.24) is 5.43 Å². The molecule has 0 atom stereocenters. The third-order valence-electron chi connectivity index (χ3n) is 3.42. The highest BCUT2D eigenvalue weighted by molar-refractivity contribution is 5.84. The fraction of sp³-hybridized carbons (Fsp3) is 0.188. The number of nitrogens with zero attached hydrogens (tertiary/aromatic N) is 3. The topological polar surface area (TPSA) is 123 Å². The van der Waals surface area contributed by atoms with Crippen molar-refractivity contribution in [3.63, 3.8) is 0 Å². The van der Waals surface area contributed by atoms with Crippen LogP contribution >= 0.6 is 0 Å². The summed E-state index contributed by atoms with van der Waals surface area (Å²) in [5.41, 5.74) is 7.63. The van der Waals surface area contributed by atoms with E-state index in [-0.39, 0.29) is 11.4 Å². The van der Waals surface area contributed by atoms with E-state index in [4.69, 9.17) is 0 Å². The molecule has 0 fully saturated rings. The molecule has 25 heavy (non-hydrogen) atoms. The molecule has 0 spiro atoms. The van der Waals surface area contributed by atoms with Crippen molar-refractivity contribution < 1.29 is 9.85 Å². The molecule has 0 bridgehead atoms. The molecule has 2 aromatic rings. The molecule has 0 unspecified atom stereocenters. The van der Waals surface area contributed by atoms with Crippen molar-refractivity contribution >= 4 is 28.6 Å². The van der Waals surface area contributed by atoms with Crippen LogP contribution in [0.1, 0.15) is 18.1 Å². The van der Waals surface area contributed by atoms with E-state index in [0.29, 0.717) is 5.84 Å². The second-order valence-corrected chi connectivity index (χ2v) is 5.45. The molecule has 0 aromatic heterocycles. The van der Waals surface area contributed by atoms with Gasteiger partial charge in [0.2, 0.25) is 0 Å². The first-order valence-corrected chi connectivity index (χ1v) is 7.35. The van der Waals surface area contributed by atoms with Crippen LogP contribution in [0.25, 0.3) is 0 Å². The molecule has 9 nitrogen and oxygen atoms in total.